The van der Waals surface area contributed by atoms with Crippen LogP contribution in [0.3, 0.4) is 0 Å². The molecule has 0 saturated carbocycles. The minimum Gasteiger partial charge on any atom is -0.381 e. The zero-order valence-electron chi connectivity index (χ0n) is 11.4. The molecular weight excluding hydrogens is 258 g/mol. The Morgan fingerprint density at radius 2 is 2.21 bits per heavy atom. The molecule has 0 aliphatic carbocycles. The number of ether oxygens (including phenoxy) is 2. The summed E-state index contributed by atoms with van der Waals surface area (Å²) in [6.45, 7) is 3.71. The second-order valence-electron chi connectivity index (χ2n) is 5.62. The van der Waals surface area contributed by atoms with Gasteiger partial charge in [0.05, 0.1) is 5.60 Å². The van der Waals surface area contributed by atoms with Gasteiger partial charge in [-0.2, -0.15) is 0 Å². The van der Waals surface area contributed by atoms with E-state index in [-0.39, 0.29) is 5.60 Å². The van der Waals surface area contributed by atoms with Gasteiger partial charge in [0.15, 0.2) is 0 Å². The molecule has 4 heteroatoms. The van der Waals surface area contributed by atoms with Crippen LogP contribution in [0.4, 0.5) is 0 Å². The monoisotopic (exact) mass is 281 g/mol. The second-order valence-corrected chi connectivity index (χ2v) is 6.65. The first kappa shape index (κ1) is 13.6. The number of hydrogen-bond acceptors (Lipinski definition) is 4. The summed E-state index contributed by atoms with van der Waals surface area (Å²) in [6, 6.07) is 4.97. The molecule has 1 aromatic heterocycles. The third-order valence-corrected chi connectivity index (χ3v) is 5.22. The third kappa shape index (κ3) is 3.57. The van der Waals surface area contributed by atoms with Gasteiger partial charge in [-0.1, -0.05) is 6.07 Å². The second kappa shape index (κ2) is 6.35. The maximum atomic E-state index is 6.07. The van der Waals surface area contributed by atoms with Crippen molar-refractivity contribution in [3.05, 3.63) is 22.4 Å². The Labute approximate surface area is 119 Å². The van der Waals surface area contributed by atoms with E-state index in [0.29, 0.717) is 6.04 Å². The van der Waals surface area contributed by atoms with Gasteiger partial charge < -0.3 is 14.8 Å². The van der Waals surface area contributed by atoms with Crippen LogP contribution in [0.25, 0.3) is 0 Å². The van der Waals surface area contributed by atoms with Crippen molar-refractivity contribution in [3.8, 4) is 0 Å². The minimum absolute atomic E-state index is 0.108. The third-order valence-electron chi connectivity index (χ3n) is 4.28. The van der Waals surface area contributed by atoms with Crippen molar-refractivity contribution in [1.29, 1.82) is 0 Å². The predicted octanol–water partition coefficient (Wildman–Crippen LogP) is 2.61. The fourth-order valence-electron chi connectivity index (χ4n) is 3.15. The molecule has 3 nitrogen and oxygen atoms in total. The van der Waals surface area contributed by atoms with E-state index in [1.807, 2.05) is 11.3 Å². The molecule has 2 aliphatic heterocycles. The highest BCUT2D eigenvalue weighted by atomic mass is 32.1. The number of thiophene rings is 1. The van der Waals surface area contributed by atoms with E-state index in [2.05, 4.69) is 22.8 Å². The van der Waals surface area contributed by atoms with Crippen LogP contribution in [0.1, 0.15) is 30.6 Å². The van der Waals surface area contributed by atoms with E-state index in [4.69, 9.17) is 9.47 Å². The Hall–Kier alpha value is -0.420. The highest BCUT2D eigenvalue weighted by Gasteiger charge is 2.38. The van der Waals surface area contributed by atoms with Crippen LogP contribution in [0, 0.1) is 0 Å². The molecule has 0 aromatic carbocycles. The Morgan fingerprint density at radius 1 is 1.32 bits per heavy atom. The predicted molar refractivity (Wildman–Crippen MR) is 77.8 cm³/mol. The first-order chi connectivity index (χ1) is 9.36. The summed E-state index contributed by atoms with van der Waals surface area (Å²) in [6.07, 6.45) is 5.57. The summed E-state index contributed by atoms with van der Waals surface area (Å²) in [5, 5.41) is 5.87. The Morgan fingerprint density at radius 3 is 3.00 bits per heavy atom. The maximum Gasteiger partial charge on any atom is 0.0741 e. The largest absolute Gasteiger partial charge is 0.381 e. The molecule has 2 saturated heterocycles. The molecule has 0 bridgehead atoms. The first-order valence-corrected chi connectivity index (χ1v) is 8.22. The molecule has 3 heterocycles. The standard InChI is InChI=1S/C15H23NO2S/c1-2-14(19-11-1)3-7-16-13-4-8-18-15(12-13)5-9-17-10-6-15/h1-2,11,13,16H,3-10,12H2/t13-/m1/s1. The van der Waals surface area contributed by atoms with Crippen molar-refractivity contribution >= 4 is 11.3 Å². The average Bonchev–Trinajstić information content (AvgIpc) is 2.93. The molecule has 3 rings (SSSR count). The average molecular weight is 281 g/mol. The molecule has 1 N–H and O–H groups in total. The van der Waals surface area contributed by atoms with Gasteiger partial charge in [0, 0.05) is 37.3 Å². The highest BCUT2D eigenvalue weighted by molar-refractivity contribution is 7.09. The van der Waals surface area contributed by atoms with Crippen LogP contribution in [-0.2, 0) is 15.9 Å². The fraction of sp³-hybridized carbons (Fsp3) is 0.733. The summed E-state index contributed by atoms with van der Waals surface area (Å²) in [5.41, 5.74) is 0.108. The number of rotatable bonds is 4. The summed E-state index contributed by atoms with van der Waals surface area (Å²) in [7, 11) is 0. The van der Waals surface area contributed by atoms with Crippen LogP contribution in [0.15, 0.2) is 17.5 Å². The van der Waals surface area contributed by atoms with Gasteiger partial charge in [0.25, 0.3) is 0 Å². The molecule has 1 aromatic rings. The number of hydrogen-bond donors (Lipinski definition) is 1. The zero-order chi connectivity index (χ0) is 13.0. The number of nitrogens with one attached hydrogen (secondary N) is 1. The van der Waals surface area contributed by atoms with E-state index in [1.54, 1.807) is 0 Å². The van der Waals surface area contributed by atoms with E-state index in [9.17, 15) is 0 Å². The molecule has 1 atom stereocenters. The van der Waals surface area contributed by atoms with E-state index in [1.165, 1.54) is 4.88 Å². The van der Waals surface area contributed by atoms with Crippen molar-refractivity contribution < 1.29 is 9.47 Å². The highest BCUT2D eigenvalue weighted by Crippen LogP contribution is 2.34. The van der Waals surface area contributed by atoms with Gasteiger partial charge in [0.2, 0.25) is 0 Å². The molecule has 2 fully saturated rings. The van der Waals surface area contributed by atoms with Crippen LogP contribution < -0.4 is 5.32 Å². The molecular formula is C15H23NO2S. The van der Waals surface area contributed by atoms with Crippen LogP contribution in [0.2, 0.25) is 0 Å². The molecule has 19 heavy (non-hydrogen) atoms. The lowest BCUT2D eigenvalue weighted by Gasteiger charge is -2.43. The zero-order valence-corrected chi connectivity index (χ0v) is 12.2. The molecule has 1 spiro atoms. The maximum absolute atomic E-state index is 6.07. The fourth-order valence-corrected chi connectivity index (χ4v) is 3.86. The molecule has 0 unspecified atom stereocenters. The lowest BCUT2D eigenvalue weighted by atomic mass is 9.84. The van der Waals surface area contributed by atoms with Crippen LogP contribution >= 0.6 is 11.3 Å². The minimum atomic E-state index is 0.108. The SMILES string of the molecule is c1csc(CCN[C@@H]2CCOC3(CCOCC3)C2)c1. The van der Waals surface area contributed by atoms with Gasteiger partial charge in [-0.3, -0.25) is 0 Å². The smallest absolute Gasteiger partial charge is 0.0741 e. The lowest BCUT2D eigenvalue weighted by molar-refractivity contribution is -0.140. The van der Waals surface area contributed by atoms with Crippen molar-refractivity contribution in [1.82, 2.24) is 5.32 Å². The summed E-state index contributed by atoms with van der Waals surface area (Å²) in [5.74, 6) is 0. The van der Waals surface area contributed by atoms with Crippen LogP contribution in [-0.4, -0.2) is 38.0 Å². The normalized spacial score (nSPS) is 26.6. The van der Waals surface area contributed by atoms with E-state index < -0.39 is 0 Å². The summed E-state index contributed by atoms with van der Waals surface area (Å²) < 4.78 is 11.5. The van der Waals surface area contributed by atoms with Gasteiger partial charge in [-0.25, -0.2) is 0 Å². The van der Waals surface area contributed by atoms with Crippen molar-refractivity contribution in [2.24, 2.45) is 0 Å². The summed E-state index contributed by atoms with van der Waals surface area (Å²) in [4.78, 5) is 1.47. The molecule has 2 aliphatic rings. The van der Waals surface area contributed by atoms with Gasteiger partial charge in [0.1, 0.15) is 0 Å². The van der Waals surface area contributed by atoms with Crippen molar-refractivity contribution in [2.75, 3.05) is 26.4 Å². The molecule has 0 amide bonds. The quantitative estimate of drug-likeness (QED) is 0.920. The van der Waals surface area contributed by atoms with E-state index >= 15 is 0 Å². The summed E-state index contributed by atoms with van der Waals surface area (Å²) >= 11 is 1.85. The molecule has 0 radical (unpaired) electrons. The van der Waals surface area contributed by atoms with Crippen LogP contribution in [0.5, 0.6) is 0 Å². The van der Waals surface area contributed by atoms with Gasteiger partial charge in [-0.05, 0) is 43.6 Å². The Kier molecular flexibility index (Phi) is 4.53. The van der Waals surface area contributed by atoms with Crippen molar-refractivity contribution in [3.63, 3.8) is 0 Å². The van der Waals surface area contributed by atoms with E-state index in [0.717, 1.165) is 58.5 Å². The Bertz CT molecular complexity index is 368. The molecule has 106 valence electrons. The topological polar surface area (TPSA) is 30.5 Å². The lowest BCUT2D eigenvalue weighted by Crippen LogP contribution is -2.50. The Balaban J connectivity index is 1.45. The first-order valence-electron chi connectivity index (χ1n) is 7.34. The van der Waals surface area contributed by atoms with Gasteiger partial charge in [-0.15, -0.1) is 11.3 Å². The van der Waals surface area contributed by atoms with Gasteiger partial charge >= 0.3 is 0 Å². The van der Waals surface area contributed by atoms with Crippen molar-refractivity contribution in [2.45, 2.75) is 43.7 Å².